The van der Waals surface area contributed by atoms with Gasteiger partial charge >= 0.3 is 0 Å². The molecule has 0 aromatic heterocycles. The summed E-state index contributed by atoms with van der Waals surface area (Å²) in [7, 11) is 8.24. The third-order valence-corrected chi connectivity index (χ3v) is 8.73. The molecule has 0 bridgehead atoms. The number of halogens is 2. The Morgan fingerprint density at radius 1 is 0.604 bits per heavy atom. The molecular weight excluding hydrogens is 736 g/mol. The minimum absolute atomic E-state index is 0.561. The van der Waals surface area contributed by atoms with Crippen molar-refractivity contribution >= 4 is 43.3 Å². The average molecular weight is 789 g/mol. The van der Waals surface area contributed by atoms with Gasteiger partial charge < -0.3 is 40.8 Å². The molecule has 3 rings (SSSR count). The highest BCUT2D eigenvalue weighted by Gasteiger charge is 2.08. The van der Waals surface area contributed by atoms with E-state index in [0.717, 1.165) is 81.5 Å². The van der Waals surface area contributed by atoms with Crippen molar-refractivity contribution in [2.75, 3.05) is 67.6 Å². The summed E-state index contributed by atoms with van der Waals surface area (Å²) in [6.45, 7) is 4.53. The zero-order chi connectivity index (χ0) is 35.1. The normalized spacial score (nSPS) is 12.1. The summed E-state index contributed by atoms with van der Waals surface area (Å²) in [5.74, 6) is 14.2. The number of rotatable bonds is 20. The SMILES string of the molecule is CN(C)CCCOc1ccc(CCN(N)/C=C(\N)c2ccc(/C(N)=C/N(N)CCc3ccc(OCCCN(C)C)c(Br)c3)cc2)cc1Br. The molecule has 0 aliphatic rings. The van der Waals surface area contributed by atoms with Gasteiger partial charge in [0.15, 0.2) is 0 Å². The molecule has 0 amide bonds. The fourth-order valence-corrected chi connectivity index (χ4v) is 5.85. The van der Waals surface area contributed by atoms with Gasteiger partial charge in [0.1, 0.15) is 11.5 Å². The molecule has 8 N–H and O–H groups in total. The molecule has 0 spiro atoms. The summed E-state index contributed by atoms with van der Waals surface area (Å²) in [5.41, 5.74) is 17.9. The molecule has 0 radical (unpaired) electrons. The van der Waals surface area contributed by atoms with E-state index in [1.807, 2.05) is 36.4 Å². The van der Waals surface area contributed by atoms with Crippen LogP contribution in [-0.4, -0.2) is 87.4 Å². The third-order valence-electron chi connectivity index (χ3n) is 7.49. The van der Waals surface area contributed by atoms with E-state index in [2.05, 4.69) is 94.1 Å². The summed E-state index contributed by atoms with van der Waals surface area (Å²) >= 11 is 7.25. The van der Waals surface area contributed by atoms with Crippen molar-refractivity contribution in [3.8, 4) is 11.5 Å². The number of hydrogen-bond acceptors (Lipinski definition) is 10. The molecule has 0 aliphatic carbocycles. The van der Waals surface area contributed by atoms with Crippen molar-refractivity contribution in [2.24, 2.45) is 23.2 Å². The summed E-state index contributed by atoms with van der Waals surface area (Å²) < 4.78 is 13.7. The Kier molecular flexibility index (Phi) is 16.6. The van der Waals surface area contributed by atoms with Crippen molar-refractivity contribution in [1.82, 2.24) is 19.8 Å². The van der Waals surface area contributed by atoms with Gasteiger partial charge in [0, 0.05) is 38.6 Å². The summed E-state index contributed by atoms with van der Waals surface area (Å²) in [4.78, 5) is 4.29. The van der Waals surface area contributed by atoms with Crippen LogP contribution >= 0.6 is 31.9 Å². The zero-order valence-corrected chi connectivity index (χ0v) is 31.8. The highest BCUT2D eigenvalue weighted by Crippen LogP contribution is 2.27. The first kappa shape index (κ1) is 39.2. The Morgan fingerprint density at radius 3 is 1.31 bits per heavy atom. The number of nitrogens with zero attached hydrogens (tertiary/aromatic N) is 4. The largest absolute Gasteiger partial charge is 0.492 e. The Hall–Kier alpha value is -3.26. The quantitative estimate of drug-likeness (QED) is 0.0686. The van der Waals surface area contributed by atoms with Crippen molar-refractivity contribution in [2.45, 2.75) is 25.7 Å². The van der Waals surface area contributed by atoms with Crippen LogP contribution in [-0.2, 0) is 12.8 Å². The van der Waals surface area contributed by atoms with Gasteiger partial charge in [-0.25, -0.2) is 11.7 Å². The van der Waals surface area contributed by atoms with Crippen LogP contribution in [0, 0.1) is 0 Å². The lowest BCUT2D eigenvalue weighted by Crippen LogP contribution is -2.28. The van der Waals surface area contributed by atoms with E-state index in [1.54, 1.807) is 22.4 Å². The van der Waals surface area contributed by atoms with E-state index in [4.69, 9.17) is 32.6 Å². The Balaban J connectivity index is 1.46. The van der Waals surface area contributed by atoms with Crippen LogP contribution in [0.2, 0.25) is 0 Å². The van der Waals surface area contributed by atoms with E-state index >= 15 is 0 Å². The van der Waals surface area contributed by atoms with Crippen LogP contribution in [0.25, 0.3) is 11.4 Å². The molecule has 0 atom stereocenters. The van der Waals surface area contributed by atoms with Gasteiger partial charge in [0.2, 0.25) is 0 Å². The molecule has 0 heterocycles. The maximum absolute atomic E-state index is 6.37. The average Bonchev–Trinajstić information content (AvgIpc) is 3.04. The predicted molar refractivity (Wildman–Crippen MR) is 206 cm³/mol. The second kappa shape index (κ2) is 20.3. The van der Waals surface area contributed by atoms with Gasteiger partial charge in [0.25, 0.3) is 0 Å². The molecule has 10 nitrogen and oxygen atoms in total. The molecule has 12 heteroatoms. The standard InChI is InChI=1S/C36H52Br2N8O2/c1-43(2)17-5-21-47-35-13-7-27(23-31(35)37)15-19-45(41)25-33(39)29-9-11-30(12-10-29)34(40)26-46(42)20-16-28-8-14-36(32(38)24-28)48-22-6-18-44(3)4/h7-14,23-26H,5-6,15-22,39-42H2,1-4H3/b33-25-,34-26-. The molecule has 3 aromatic rings. The molecule has 262 valence electrons. The summed E-state index contributed by atoms with van der Waals surface area (Å²) in [6.07, 6.45) is 6.94. The van der Waals surface area contributed by atoms with Gasteiger partial charge in [0.05, 0.1) is 33.6 Å². The number of nitrogens with two attached hydrogens (primary N) is 4. The van der Waals surface area contributed by atoms with E-state index < -0.39 is 0 Å². The maximum Gasteiger partial charge on any atom is 0.133 e. The van der Waals surface area contributed by atoms with Crippen molar-refractivity contribution in [1.29, 1.82) is 0 Å². The van der Waals surface area contributed by atoms with E-state index in [9.17, 15) is 0 Å². The number of hydrazine groups is 2. The van der Waals surface area contributed by atoms with E-state index in [0.29, 0.717) is 37.7 Å². The molecule has 48 heavy (non-hydrogen) atoms. The van der Waals surface area contributed by atoms with Crippen LogP contribution < -0.4 is 32.6 Å². The van der Waals surface area contributed by atoms with E-state index in [1.165, 1.54) is 0 Å². The smallest absolute Gasteiger partial charge is 0.133 e. The van der Waals surface area contributed by atoms with Crippen molar-refractivity contribution < 1.29 is 9.47 Å². The van der Waals surface area contributed by atoms with Gasteiger partial charge in [-0.05, 0) is 132 Å². The second-order valence-corrected chi connectivity index (χ2v) is 14.0. The fourth-order valence-electron chi connectivity index (χ4n) is 4.77. The summed E-state index contributed by atoms with van der Waals surface area (Å²) in [6, 6.07) is 20.0. The fraction of sp³-hybridized carbons (Fsp3) is 0.389. The molecular formula is C36H52Br2N8O2. The minimum Gasteiger partial charge on any atom is -0.492 e. The first-order valence-electron chi connectivity index (χ1n) is 16.1. The number of hydrogen-bond donors (Lipinski definition) is 4. The molecule has 0 saturated carbocycles. The molecule has 0 saturated heterocycles. The van der Waals surface area contributed by atoms with Crippen LogP contribution in [0.5, 0.6) is 11.5 Å². The van der Waals surface area contributed by atoms with Gasteiger partial charge in [-0.3, -0.25) is 0 Å². The van der Waals surface area contributed by atoms with Crippen LogP contribution in [0.4, 0.5) is 0 Å². The van der Waals surface area contributed by atoms with Crippen LogP contribution in [0.3, 0.4) is 0 Å². The second-order valence-electron chi connectivity index (χ2n) is 12.3. The summed E-state index contributed by atoms with van der Waals surface area (Å²) in [5, 5.41) is 3.21. The van der Waals surface area contributed by atoms with Gasteiger partial charge in [-0.15, -0.1) is 0 Å². The zero-order valence-electron chi connectivity index (χ0n) is 28.7. The lowest BCUT2D eigenvalue weighted by molar-refractivity contribution is 0.280. The Labute approximate surface area is 303 Å². The van der Waals surface area contributed by atoms with Gasteiger partial charge in [-0.1, -0.05) is 36.4 Å². The predicted octanol–water partition coefficient (Wildman–Crippen LogP) is 5.22. The molecule has 3 aromatic carbocycles. The first-order chi connectivity index (χ1) is 22.9. The Morgan fingerprint density at radius 2 is 0.979 bits per heavy atom. The molecule has 0 fully saturated rings. The van der Waals surface area contributed by atoms with Crippen molar-refractivity contribution in [3.05, 3.63) is 104 Å². The third kappa shape index (κ3) is 14.1. The van der Waals surface area contributed by atoms with Crippen molar-refractivity contribution in [3.63, 3.8) is 0 Å². The van der Waals surface area contributed by atoms with Gasteiger partial charge in [-0.2, -0.15) is 0 Å². The highest BCUT2D eigenvalue weighted by atomic mass is 79.9. The number of ether oxygens (including phenoxy) is 2. The number of benzene rings is 3. The minimum atomic E-state index is 0.561. The monoisotopic (exact) mass is 786 g/mol. The highest BCUT2D eigenvalue weighted by molar-refractivity contribution is 9.10. The molecule has 0 unspecified atom stereocenters. The van der Waals surface area contributed by atoms with E-state index in [-0.39, 0.29) is 0 Å². The Bertz CT molecular complexity index is 1370. The maximum atomic E-state index is 6.37. The first-order valence-corrected chi connectivity index (χ1v) is 17.7. The van der Waals surface area contributed by atoms with Crippen LogP contribution in [0.15, 0.2) is 82.0 Å². The topological polar surface area (TPSA) is 136 Å². The lowest BCUT2D eigenvalue weighted by Gasteiger charge is -2.17. The van der Waals surface area contributed by atoms with Crippen LogP contribution in [0.1, 0.15) is 35.1 Å². The lowest BCUT2D eigenvalue weighted by atomic mass is 10.1. The molecule has 0 aliphatic heterocycles.